The Kier molecular flexibility index (Phi) is 13.4. The third kappa shape index (κ3) is 9.76. The van der Waals surface area contributed by atoms with Crippen LogP contribution >= 0.6 is 0 Å². The molecular formula is C82H76N4O2. The predicted octanol–water partition coefficient (Wildman–Crippen LogP) is 24.2. The molecule has 0 radical (unpaired) electrons. The Labute approximate surface area is 517 Å². The highest BCUT2D eigenvalue weighted by Crippen LogP contribution is 2.54. The molecule has 0 N–H and O–H groups in total. The number of furan rings is 2. The first-order chi connectivity index (χ1) is 42.2. The topological polar surface area (TPSA) is 40.9 Å². The third-order valence-corrected chi connectivity index (χ3v) is 17.8. The fraction of sp³-hybridized carbons (Fsp3) is 0.195. The van der Waals surface area contributed by atoms with E-state index in [9.17, 15) is 0 Å². The summed E-state index contributed by atoms with van der Waals surface area (Å²) in [4.78, 5) is 7.21. The molecular weight excluding hydrogens is 1070 g/mol. The average Bonchev–Trinajstić information content (AvgIpc) is 1.53. The van der Waals surface area contributed by atoms with Gasteiger partial charge >= 0.3 is 0 Å². The molecule has 3 heterocycles. The van der Waals surface area contributed by atoms with Crippen LogP contribution in [0.4, 0.5) is 51.2 Å². The van der Waals surface area contributed by atoms with Gasteiger partial charge in [-0.15, -0.1) is 0 Å². The molecule has 436 valence electrons. The van der Waals surface area contributed by atoms with Crippen LogP contribution in [0.5, 0.6) is 0 Å². The molecule has 0 spiro atoms. The molecule has 0 aliphatic carbocycles. The van der Waals surface area contributed by atoms with Crippen molar-refractivity contribution < 1.29 is 8.83 Å². The summed E-state index contributed by atoms with van der Waals surface area (Å²) in [7, 11) is 0. The SMILES string of the molecule is CC(C)(C)c1ccc(N(c2ccc(C(C)(C)C)cc2)c2cc3c(c4oc5ccccc5c24)c2c4oc5ccccc5c4c(N(c4ccc(C(C)(C)C)cc4)c4ccc(C(C)(C)C)cc4)cc2n3-c2ccc(N(c3ccccc3)c3ccccc3)cc2)cc1. The molecule has 14 aromatic rings. The van der Waals surface area contributed by atoms with Gasteiger partial charge in [0, 0.05) is 56.3 Å². The minimum absolute atomic E-state index is 0.0391. The van der Waals surface area contributed by atoms with Gasteiger partial charge in [-0.2, -0.15) is 0 Å². The second-order valence-corrected chi connectivity index (χ2v) is 27.9. The average molecular weight is 1150 g/mol. The minimum Gasteiger partial charge on any atom is -0.455 e. The Morgan fingerprint density at radius 3 is 0.864 bits per heavy atom. The molecule has 11 aromatic carbocycles. The number of nitrogens with zero attached hydrogens (tertiary/aromatic N) is 4. The van der Waals surface area contributed by atoms with E-state index in [0.717, 1.165) is 123 Å². The van der Waals surface area contributed by atoms with Crippen LogP contribution in [0.25, 0.3) is 71.4 Å². The van der Waals surface area contributed by atoms with E-state index in [0.29, 0.717) is 0 Å². The lowest BCUT2D eigenvalue weighted by Crippen LogP contribution is -2.14. The zero-order chi connectivity index (χ0) is 61.0. The molecule has 0 fully saturated rings. The molecule has 14 rings (SSSR count). The molecule has 88 heavy (non-hydrogen) atoms. The van der Waals surface area contributed by atoms with E-state index in [4.69, 9.17) is 8.83 Å². The van der Waals surface area contributed by atoms with Crippen molar-refractivity contribution in [2.24, 2.45) is 0 Å². The summed E-state index contributed by atoms with van der Waals surface area (Å²) >= 11 is 0. The molecule has 0 atom stereocenters. The van der Waals surface area contributed by atoms with Crippen LogP contribution in [0.15, 0.2) is 251 Å². The van der Waals surface area contributed by atoms with E-state index in [2.05, 4.69) is 345 Å². The quantitative estimate of drug-likeness (QED) is 0.136. The fourth-order valence-electron chi connectivity index (χ4n) is 13.0. The standard InChI is InChI=1S/C82H76N4O2/c1-79(2,3)53-31-39-60(40-32-53)84(61-41-33-54(34-42-61)80(4,5)6)67-51-69-75(77-73(67)65-27-19-21-29-71(65)87-77)76-70(86(69)64-49-47-59(48-50-64)83(57-23-15-13-16-24-57)58-25-17-14-18-26-58)52-68(74-66-28-20-22-30-72(66)88-78(74)76)85(62-43-35-55(36-44-62)81(7,8)9)63-45-37-56(38-46-63)82(10,11)12/h13-52H,1-12H3. The van der Waals surface area contributed by atoms with Gasteiger partial charge in [-0.1, -0.05) is 204 Å². The summed E-state index contributed by atoms with van der Waals surface area (Å²) in [6, 6.07) is 88.9. The molecule has 6 heteroatoms. The molecule has 0 aliphatic rings. The summed E-state index contributed by atoms with van der Waals surface area (Å²) in [5.74, 6) is 0. The second kappa shape index (κ2) is 21.0. The fourth-order valence-corrected chi connectivity index (χ4v) is 13.0. The van der Waals surface area contributed by atoms with E-state index < -0.39 is 0 Å². The summed E-state index contributed by atoms with van der Waals surface area (Å²) < 4.78 is 17.4. The molecule has 6 nitrogen and oxygen atoms in total. The van der Waals surface area contributed by atoms with E-state index in [1.807, 2.05) is 0 Å². The van der Waals surface area contributed by atoms with Crippen molar-refractivity contribution in [3.05, 3.63) is 265 Å². The van der Waals surface area contributed by atoms with Gasteiger partial charge in [-0.25, -0.2) is 0 Å². The lowest BCUT2D eigenvalue weighted by Gasteiger charge is -2.29. The van der Waals surface area contributed by atoms with Crippen LogP contribution in [0.2, 0.25) is 0 Å². The van der Waals surface area contributed by atoms with E-state index in [1.54, 1.807) is 0 Å². The van der Waals surface area contributed by atoms with Gasteiger partial charge in [-0.3, -0.25) is 0 Å². The Hall–Kier alpha value is -9.78. The number of rotatable bonds is 10. The van der Waals surface area contributed by atoms with Crippen molar-refractivity contribution in [1.29, 1.82) is 0 Å². The summed E-state index contributed by atoms with van der Waals surface area (Å²) in [5, 5.41) is 6.05. The van der Waals surface area contributed by atoms with Crippen molar-refractivity contribution in [1.82, 2.24) is 4.57 Å². The molecule has 3 aromatic heterocycles. The maximum Gasteiger partial charge on any atom is 0.147 e. The lowest BCUT2D eigenvalue weighted by molar-refractivity contribution is 0.590. The minimum atomic E-state index is -0.0391. The first-order valence-corrected chi connectivity index (χ1v) is 31.0. The van der Waals surface area contributed by atoms with Crippen molar-refractivity contribution >= 4 is 117 Å². The Morgan fingerprint density at radius 2 is 0.545 bits per heavy atom. The number of benzene rings is 11. The van der Waals surface area contributed by atoms with Crippen LogP contribution in [0.1, 0.15) is 105 Å². The van der Waals surface area contributed by atoms with Crippen molar-refractivity contribution in [2.45, 2.75) is 105 Å². The highest BCUT2D eigenvalue weighted by atomic mass is 16.3. The molecule has 0 unspecified atom stereocenters. The van der Waals surface area contributed by atoms with E-state index in [1.165, 1.54) is 22.3 Å². The van der Waals surface area contributed by atoms with Crippen molar-refractivity contribution in [3.8, 4) is 5.69 Å². The van der Waals surface area contributed by atoms with Crippen molar-refractivity contribution in [2.75, 3.05) is 14.7 Å². The number of anilines is 9. The monoisotopic (exact) mass is 1150 g/mol. The van der Waals surface area contributed by atoms with Crippen molar-refractivity contribution in [3.63, 3.8) is 0 Å². The van der Waals surface area contributed by atoms with Crippen LogP contribution in [-0.2, 0) is 21.7 Å². The van der Waals surface area contributed by atoms with Crippen LogP contribution in [-0.4, -0.2) is 4.57 Å². The van der Waals surface area contributed by atoms with Gasteiger partial charge < -0.3 is 28.1 Å². The Bertz CT molecular complexity index is 4480. The van der Waals surface area contributed by atoms with Gasteiger partial charge in [-0.05, 0) is 165 Å². The van der Waals surface area contributed by atoms with Gasteiger partial charge in [0.25, 0.3) is 0 Å². The van der Waals surface area contributed by atoms with Gasteiger partial charge in [0.05, 0.1) is 44.0 Å². The molecule has 0 saturated carbocycles. The zero-order valence-corrected chi connectivity index (χ0v) is 52.7. The number of hydrogen-bond acceptors (Lipinski definition) is 5. The number of aromatic nitrogens is 1. The normalized spacial score (nSPS) is 12.5. The first kappa shape index (κ1) is 56.1. The van der Waals surface area contributed by atoms with Gasteiger partial charge in [0.15, 0.2) is 0 Å². The highest BCUT2D eigenvalue weighted by Gasteiger charge is 2.32. The van der Waals surface area contributed by atoms with Gasteiger partial charge in [0.1, 0.15) is 22.3 Å². The predicted molar refractivity (Wildman–Crippen MR) is 374 cm³/mol. The highest BCUT2D eigenvalue weighted by molar-refractivity contribution is 6.35. The number of fused-ring (bicyclic) bond motifs is 11. The molecule has 0 bridgehead atoms. The molecule has 0 aliphatic heterocycles. The van der Waals surface area contributed by atoms with Crippen LogP contribution in [0.3, 0.4) is 0 Å². The largest absolute Gasteiger partial charge is 0.455 e. The summed E-state index contributed by atoms with van der Waals surface area (Å²) in [5.41, 5.74) is 20.4. The Balaban J connectivity index is 1.14. The smallest absolute Gasteiger partial charge is 0.147 e. The zero-order valence-electron chi connectivity index (χ0n) is 52.7. The first-order valence-electron chi connectivity index (χ1n) is 31.0. The van der Waals surface area contributed by atoms with E-state index >= 15 is 0 Å². The summed E-state index contributed by atoms with van der Waals surface area (Å²) in [6.45, 7) is 27.3. The van der Waals surface area contributed by atoms with Crippen LogP contribution < -0.4 is 14.7 Å². The second-order valence-electron chi connectivity index (χ2n) is 27.9. The Morgan fingerprint density at radius 1 is 0.273 bits per heavy atom. The third-order valence-electron chi connectivity index (χ3n) is 17.8. The van der Waals surface area contributed by atoms with E-state index in [-0.39, 0.29) is 21.7 Å². The summed E-state index contributed by atoms with van der Waals surface area (Å²) in [6.07, 6.45) is 0. The molecule has 0 saturated heterocycles. The lowest BCUT2D eigenvalue weighted by atomic mass is 9.86. The van der Waals surface area contributed by atoms with Gasteiger partial charge in [0.2, 0.25) is 0 Å². The maximum absolute atomic E-state index is 7.48. The number of para-hydroxylation sites is 4. The van der Waals surface area contributed by atoms with Crippen LogP contribution in [0, 0.1) is 0 Å². The number of hydrogen-bond donors (Lipinski definition) is 0. The maximum atomic E-state index is 7.48. The molecule has 0 amide bonds.